The van der Waals surface area contributed by atoms with Crippen molar-refractivity contribution < 1.29 is 27.4 Å². The van der Waals surface area contributed by atoms with Crippen molar-refractivity contribution in [1.29, 1.82) is 0 Å². The maximum absolute atomic E-state index is 13.1. The van der Waals surface area contributed by atoms with Crippen LogP contribution in [0.25, 0.3) is 0 Å². The SMILES string of the molecule is CCCCCCC1CN(c2ccc(OC)c(C(F)(F)F)c2)C(=O)O1. The van der Waals surface area contributed by atoms with Crippen molar-refractivity contribution in [3.8, 4) is 5.75 Å². The molecule has 4 nitrogen and oxygen atoms in total. The lowest BCUT2D eigenvalue weighted by Crippen LogP contribution is -2.25. The van der Waals surface area contributed by atoms with Gasteiger partial charge in [0.15, 0.2) is 0 Å². The molecule has 0 aromatic heterocycles. The van der Waals surface area contributed by atoms with E-state index in [1.54, 1.807) is 0 Å². The van der Waals surface area contributed by atoms with Crippen LogP contribution in [0.3, 0.4) is 0 Å². The van der Waals surface area contributed by atoms with Crippen molar-refractivity contribution in [1.82, 2.24) is 0 Å². The quantitative estimate of drug-likeness (QED) is 0.652. The molecule has 2 rings (SSSR count). The molecule has 1 aliphatic heterocycles. The van der Waals surface area contributed by atoms with Crippen LogP contribution in [0.1, 0.15) is 44.6 Å². The highest BCUT2D eigenvalue weighted by molar-refractivity contribution is 5.90. The summed E-state index contributed by atoms with van der Waals surface area (Å²) in [5, 5.41) is 0. The van der Waals surface area contributed by atoms with Gasteiger partial charge in [0.1, 0.15) is 11.9 Å². The lowest BCUT2D eigenvalue weighted by atomic mass is 10.1. The third-order valence-corrected chi connectivity index (χ3v) is 4.05. The zero-order valence-corrected chi connectivity index (χ0v) is 13.9. The number of hydrogen-bond acceptors (Lipinski definition) is 3. The van der Waals surface area contributed by atoms with E-state index < -0.39 is 17.8 Å². The fraction of sp³-hybridized carbons (Fsp3) is 0.588. The highest BCUT2D eigenvalue weighted by atomic mass is 19.4. The number of rotatable bonds is 7. The molecule has 1 fully saturated rings. The summed E-state index contributed by atoms with van der Waals surface area (Å²) in [6, 6.07) is 3.59. The lowest BCUT2D eigenvalue weighted by molar-refractivity contribution is -0.138. The van der Waals surface area contributed by atoms with Gasteiger partial charge in [-0.1, -0.05) is 26.2 Å². The van der Waals surface area contributed by atoms with E-state index in [9.17, 15) is 18.0 Å². The van der Waals surface area contributed by atoms with Crippen LogP contribution in [-0.4, -0.2) is 25.9 Å². The number of cyclic esters (lactones) is 1. The van der Waals surface area contributed by atoms with E-state index in [0.717, 1.165) is 38.2 Å². The fourth-order valence-electron chi connectivity index (χ4n) is 2.77. The van der Waals surface area contributed by atoms with Gasteiger partial charge in [-0.3, -0.25) is 4.90 Å². The number of alkyl halides is 3. The Morgan fingerprint density at radius 2 is 2.04 bits per heavy atom. The standard InChI is InChI=1S/C17H22F3NO3/c1-3-4-5-6-7-13-11-21(16(22)24-13)12-8-9-15(23-2)14(10-12)17(18,19)20/h8-10,13H,3-7,11H2,1-2H3. The van der Waals surface area contributed by atoms with Crippen molar-refractivity contribution in [2.24, 2.45) is 0 Å². The fourth-order valence-corrected chi connectivity index (χ4v) is 2.77. The number of unbranched alkanes of at least 4 members (excludes halogenated alkanes) is 3. The van der Waals surface area contributed by atoms with Crippen molar-refractivity contribution in [3.63, 3.8) is 0 Å². The molecule has 0 N–H and O–H groups in total. The first kappa shape index (κ1) is 18.4. The second-order valence-electron chi connectivity index (χ2n) is 5.85. The summed E-state index contributed by atoms with van der Waals surface area (Å²) in [6.45, 7) is 2.38. The van der Waals surface area contributed by atoms with Gasteiger partial charge in [-0.05, 0) is 31.0 Å². The highest BCUT2D eigenvalue weighted by Gasteiger charge is 2.37. The van der Waals surface area contributed by atoms with Crippen LogP contribution in [0.15, 0.2) is 18.2 Å². The van der Waals surface area contributed by atoms with Gasteiger partial charge in [0.2, 0.25) is 0 Å². The Hall–Kier alpha value is -1.92. The molecular weight excluding hydrogens is 323 g/mol. The molecule has 7 heteroatoms. The molecule has 1 saturated heterocycles. The zero-order chi connectivity index (χ0) is 17.7. The van der Waals surface area contributed by atoms with Gasteiger partial charge < -0.3 is 9.47 Å². The van der Waals surface area contributed by atoms with Crippen LogP contribution in [-0.2, 0) is 10.9 Å². The van der Waals surface area contributed by atoms with Gasteiger partial charge in [-0.15, -0.1) is 0 Å². The Kier molecular flexibility index (Phi) is 5.96. The molecule has 1 heterocycles. The van der Waals surface area contributed by atoms with Crippen LogP contribution in [0.5, 0.6) is 5.75 Å². The minimum atomic E-state index is -4.55. The van der Waals surface area contributed by atoms with Gasteiger partial charge in [0.05, 0.1) is 19.2 Å². The van der Waals surface area contributed by atoms with Crippen LogP contribution >= 0.6 is 0 Å². The van der Waals surface area contributed by atoms with E-state index in [0.29, 0.717) is 0 Å². The van der Waals surface area contributed by atoms with E-state index in [1.165, 1.54) is 24.1 Å². The Morgan fingerprint density at radius 1 is 1.29 bits per heavy atom. The molecule has 0 saturated carbocycles. The van der Waals surface area contributed by atoms with E-state index in [-0.39, 0.29) is 24.1 Å². The van der Waals surface area contributed by atoms with E-state index in [2.05, 4.69) is 6.92 Å². The maximum atomic E-state index is 13.1. The number of benzene rings is 1. The number of methoxy groups -OCH3 is 1. The molecule has 0 spiro atoms. The third kappa shape index (κ3) is 4.33. The Balaban J connectivity index is 2.10. The monoisotopic (exact) mass is 345 g/mol. The molecule has 1 amide bonds. The van der Waals surface area contributed by atoms with Crippen LogP contribution < -0.4 is 9.64 Å². The van der Waals surface area contributed by atoms with Crippen molar-refractivity contribution in [3.05, 3.63) is 23.8 Å². The molecule has 1 aromatic carbocycles. The van der Waals surface area contributed by atoms with E-state index in [1.807, 2.05) is 0 Å². The molecule has 0 aliphatic carbocycles. The van der Waals surface area contributed by atoms with Crippen LogP contribution in [0, 0.1) is 0 Å². The summed E-state index contributed by atoms with van der Waals surface area (Å²) in [6.07, 6.45) is -0.462. The number of ether oxygens (including phenoxy) is 2. The summed E-state index contributed by atoms with van der Waals surface area (Å²) in [5.41, 5.74) is -0.731. The van der Waals surface area contributed by atoms with E-state index in [4.69, 9.17) is 9.47 Å². The van der Waals surface area contributed by atoms with Crippen LogP contribution in [0.4, 0.5) is 23.7 Å². The minimum Gasteiger partial charge on any atom is -0.496 e. The second-order valence-corrected chi connectivity index (χ2v) is 5.85. The number of halogens is 3. The van der Waals surface area contributed by atoms with Crippen molar-refractivity contribution in [2.75, 3.05) is 18.6 Å². The summed E-state index contributed by atoms with van der Waals surface area (Å²) in [7, 11) is 1.18. The van der Waals surface area contributed by atoms with Gasteiger partial charge in [0.25, 0.3) is 0 Å². The van der Waals surface area contributed by atoms with Crippen molar-refractivity contribution >= 4 is 11.8 Å². The summed E-state index contributed by atoms with van der Waals surface area (Å²) in [4.78, 5) is 13.2. The first-order valence-electron chi connectivity index (χ1n) is 8.10. The third-order valence-electron chi connectivity index (χ3n) is 4.05. The Morgan fingerprint density at radius 3 is 2.67 bits per heavy atom. The maximum Gasteiger partial charge on any atom is 0.420 e. The predicted octanol–water partition coefficient (Wildman–Crippen LogP) is 5.01. The van der Waals surface area contributed by atoms with Gasteiger partial charge in [-0.25, -0.2) is 4.79 Å². The molecule has 0 bridgehead atoms. The topological polar surface area (TPSA) is 38.8 Å². The molecule has 134 valence electrons. The van der Waals surface area contributed by atoms with Gasteiger partial charge >= 0.3 is 12.3 Å². The number of amides is 1. The summed E-state index contributed by atoms with van der Waals surface area (Å²) >= 11 is 0. The van der Waals surface area contributed by atoms with Gasteiger partial charge in [-0.2, -0.15) is 13.2 Å². The summed E-state index contributed by atoms with van der Waals surface area (Å²) < 4.78 is 49.3. The first-order valence-corrected chi connectivity index (χ1v) is 8.10. The number of carbonyl (C=O) groups excluding carboxylic acids is 1. The normalized spacial score (nSPS) is 18.0. The molecule has 1 aliphatic rings. The second kappa shape index (κ2) is 7.77. The number of carbonyl (C=O) groups is 1. The lowest BCUT2D eigenvalue weighted by Gasteiger charge is -2.17. The molecule has 1 aromatic rings. The van der Waals surface area contributed by atoms with Crippen molar-refractivity contribution in [2.45, 2.75) is 51.3 Å². The van der Waals surface area contributed by atoms with Gasteiger partial charge in [0, 0.05) is 5.69 Å². The van der Waals surface area contributed by atoms with E-state index >= 15 is 0 Å². The smallest absolute Gasteiger partial charge is 0.420 e. The molecule has 1 atom stereocenters. The molecule has 0 radical (unpaired) electrons. The minimum absolute atomic E-state index is 0.171. The number of anilines is 1. The number of nitrogens with zero attached hydrogens (tertiary/aromatic N) is 1. The summed E-state index contributed by atoms with van der Waals surface area (Å²) in [5.74, 6) is -0.269. The Bertz CT molecular complexity index is 575. The predicted molar refractivity (Wildman–Crippen MR) is 84.4 cm³/mol. The first-order chi connectivity index (χ1) is 11.4. The average molecular weight is 345 g/mol. The molecular formula is C17H22F3NO3. The zero-order valence-electron chi connectivity index (χ0n) is 13.9. The van der Waals surface area contributed by atoms with Crippen LogP contribution in [0.2, 0.25) is 0 Å². The Labute approximate surface area is 139 Å². The highest BCUT2D eigenvalue weighted by Crippen LogP contribution is 2.39. The largest absolute Gasteiger partial charge is 0.496 e. The average Bonchev–Trinajstić information content (AvgIpc) is 2.91. The molecule has 24 heavy (non-hydrogen) atoms. The number of hydrogen-bond donors (Lipinski definition) is 0. The molecule has 1 unspecified atom stereocenters.